The van der Waals surface area contributed by atoms with E-state index < -0.39 is 0 Å². The third-order valence-corrected chi connectivity index (χ3v) is 4.05. The maximum absolute atomic E-state index is 12.0. The molecule has 1 aliphatic carbocycles. The van der Waals surface area contributed by atoms with Crippen molar-refractivity contribution in [2.45, 2.75) is 50.2 Å². The fourth-order valence-corrected chi connectivity index (χ4v) is 2.73. The molecule has 90 valence electrons. The SMILES string of the molecule is O=C1N(CCC2CCCCO2)CNC12CC2. The molecule has 0 aromatic carbocycles. The first kappa shape index (κ1) is 10.5. The molecule has 1 amide bonds. The van der Waals surface area contributed by atoms with Crippen molar-refractivity contribution in [1.29, 1.82) is 0 Å². The van der Waals surface area contributed by atoms with Crippen molar-refractivity contribution in [3.63, 3.8) is 0 Å². The van der Waals surface area contributed by atoms with Gasteiger partial charge in [-0.15, -0.1) is 0 Å². The standard InChI is InChI=1S/C12H20N2O2/c15-11-12(5-6-12)13-9-14(11)7-4-10-3-1-2-8-16-10/h10,13H,1-9H2. The van der Waals surface area contributed by atoms with Gasteiger partial charge in [0.15, 0.2) is 0 Å². The summed E-state index contributed by atoms with van der Waals surface area (Å²) < 4.78 is 5.68. The Morgan fingerprint density at radius 3 is 2.94 bits per heavy atom. The second kappa shape index (κ2) is 4.00. The van der Waals surface area contributed by atoms with Crippen LogP contribution in [-0.4, -0.2) is 42.3 Å². The van der Waals surface area contributed by atoms with E-state index in [-0.39, 0.29) is 5.54 Å². The largest absolute Gasteiger partial charge is 0.378 e. The van der Waals surface area contributed by atoms with E-state index >= 15 is 0 Å². The van der Waals surface area contributed by atoms with Crippen LogP contribution in [0.1, 0.15) is 38.5 Å². The molecule has 1 atom stereocenters. The van der Waals surface area contributed by atoms with Crippen LogP contribution in [0.25, 0.3) is 0 Å². The third-order valence-electron chi connectivity index (χ3n) is 4.05. The molecular weight excluding hydrogens is 204 g/mol. The maximum Gasteiger partial charge on any atom is 0.243 e. The molecule has 16 heavy (non-hydrogen) atoms. The minimum absolute atomic E-state index is 0.132. The van der Waals surface area contributed by atoms with Crippen molar-refractivity contribution >= 4 is 5.91 Å². The van der Waals surface area contributed by atoms with Gasteiger partial charge >= 0.3 is 0 Å². The minimum atomic E-state index is -0.132. The normalized spacial score (nSPS) is 32.4. The Bertz CT molecular complexity index is 283. The molecule has 4 heteroatoms. The van der Waals surface area contributed by atoms with Crippen LogP contribution in [0.2, 0.25) is 0 Å². The van der Waals surface area contributed by atoms with Gasteiger partial charge in [0.2, 0.25) is 5.91 Å². The number of hydrogen-bond acceptors (Lipinski definition) is 3. The average molecular weight is 224 g/mol. The van der Waals surface area contributed by atoms with Crippen molar-refractivity contribution in [2.75, 3.05) is 19.8 Å². The summed E-state index contributed by atoms with van der Waals surface area (Å²) in [6, 6.07) is 0. The van der Waals surface area contributed by atoms with Crippen LogP contribution >= 0.6 is 0 Å². The Morgan fingerprint density at radius 2 is 2.31 bits per heavy atom. The van der Waals surface area contributed by atoms with Gasteiger partial charge in [-0.3, -0.25) is 10.1 Å². The lowest BCUT2D eigenvalue weighted by Crippen LogP contribution is -2.34. The van der Waals surface area contributed by atoms with Crippen molar-refractivity contribution in [1.82, 2.24) is 10.2 Å². The van der Waals surface area contributed by atoms with E-state index in [1.807, 2.05) is 4.90 Å². The molecule has 3 aliphatic rings. The number of carbonyl (C=O) groups is 1. The van der Waals surface area contributed by atoms with Crippen molar-refractivity contribution in [3.05, 3.63) is 0 Å². The summed E-state index contributed by atoms with van der Waals surface area (Å²) in [5.74, 6) is 0.323. The summed E-state index contributed by atoms with van der Waals surface area (Å²) in [6.45, 7) is 2.50. The Balaban J connectivity index is 1.46. The van der Waals surface area contributed by atoms with E-state index in [9.17, 15) is 4.79 Å². The minimum Gasteiger partial charge on any atom is -0.378 e. The highest BCUT2D eigenvalue weighted by Gasteiger charge is 2.55. The molecule has 4 nitrogen and oxygen atoms in total. The fourth-order valence-electron chi connectivity index (χ4n) is 2.73. The molecule has 3 rings (SSSR count). The van der Waals surface area contributed by atoms with E-state index in [0.717, 1.165) is 39.1 Å². The zero-order valence-corrected chi connectivity index (χ0v) is 9.71. The monoisotopic (exact) mass is 224 g/mol. The summed E-state index contributed by atoms with van der Waals surface area (Å²) in [5.41, 5.74) is -0.132. The van der Waals surface area contributed by atoms with Crippen LogP contribution in [-0.2, 0) is 9.53 Å². The second-order valence-corrected chi connectivity index (χ2v) is 5.26. The first-order valence-electron chi connectivity index (χ1n) is 6.46. The number of ether oxygens (including phenoxy) is 1. The molecule has 1 spiro atoms. The molecule has 0 radical (unpaired) electrons. The molecular formula is C12H20N2O2. The smallest absolute Gasteiger partial charge is 0.243 e. The lowest BCUT2D eigenvalue weighted by atomic mass is 10.1. The van der Waals surface area contributed by atoms with E-state index in [1.165, 1.54) is 19.3 Å². The number of carbonyl (C=O) groups excluding carboxylic acids is 1. The van der Waals surface area contributed by atoms with E-state index in [2.05, 4.69) is 5.32 Å². The van der Waals surface area contributed by atoms with Gasteiger partial charge in [-0.25, -0.2) is 0 Å². The van der Waals surface area contributed by atoms with Crippen LogP contribution < -0.4 is 5.32 Å². The van der Waals surface area contributed by atoms with Crippen molar-refractivity contribution in [3.8, 4) is 0 Å². The van der Waals surface area contributed by atoms with E-state index in [0.29, 0.717) is 12.0 Å². The number of amides is 1. The number of hydrogen-bond donors (Lipinski definition) is 1. The topological polar surface area (TPSA) is 41.6 Å². The Labute approximate surface area is 96.3 Å². The summed E-state index contributed by atoms with van der Waals surface area (Å²) in [5, 5.41) is 3.33. The molecule has 1 saturated carbocycles. The third kappa shape index (κ3) is 1.84. The van der Waals surface area contributed by atoms with Gasteiger partial charge in [0.1, 0.15) is 0 Å². The summed E-state index contributed by atoms with van der Waals surface area (Å²) in [4.78, 5) is 13.9. The molecule has 0 bridgehead atoms. The fraction of sp³-hybridized carbons (Fsp3) is 0.917. The number of rotatable bonds is 3. The highest BCUT2D eigenvalue weighted by atomic mass is 16.5. The molecule has 2 heterocycles. The average Bonchev–Trinajstić information content (AvgIpc) is 3.04. The summed E-state index contributed by atoms with van der Waals surface area (Å²) in [6.07, 6.45) is 7.09. The van der Waals surface area contributed by atoms with E-state index in [4.69, 9.17) is 4.74 Å². The van der Waals surface area contributed by atoms with Crippen LogP contribution in [0.5, 0.6) is 0 Å². The van der Waals surface area contributed by atoms with Gasteiger partial charge in [0.25, 0.3) is 0 Å². The Hall–Kier alpha value is -0.610. The molecule has 0 aromatic rings. The zero-order chi connectivity index (χ0) is 11.0. The molecule has 2 saturated heterocycles. The molecule has 2 aliphatic heterocycles. The lowest BCUT2D eigenvalue weighted by molar-refractivity contribution is -0.130. The Morgan fingerprint density at radius 1 is 1.44 bits per heavy atom. The highest BCUT2D eigenvalue weighted by molar-refractivity contribution is 5.91. The molecule has 1 unspecified atom stereocenters. The predicted molar refractivity (Wildman–Crippen MR) is 59.9 cm³/mol. The van der Waals surface area contributed by atoms with Crippen molar-refractivity contribution in [2.24, 2.45) is 0 Å². The van der Waals surface area contributed by atoms with Crippen molar-refractivity contribution < 1.29 is 9.53 Å². The first-order chi connectivity index (χ1) is 7.80. The molecule has 3 fully saturated rings. The quantitative estimate of drug-likeness (QED) is 0.773. The first-order valence-corrected chi connectivity index (χ1v) is 6.46. The highest BCUT2D eigenvalue weighted by Crippen LogP contribution is 2.40. The predicted octanol–water partition coefficient (Wildman–Crippen LogP) is 0.867. The number of nitrogens with one attached hydrogen (secondary N) is 1. The van der Waals surface area contributed by atoms with Gasteiger partial charge in [0, 0.05) is 13.2 Å². The Kier molecular flexibility index (Phi) is 2.64. The second-order valence-electron chi connectivity index (χ2n) is 5.26. The van der Waals surface area contributed by atoms with Gasteiger partial charge in [-0.05, 0) is 38.5 Å². The van der Waals surface area contributed by atoms with Crippen LogP contribution in [0.4, 0.5) is 0 Å². The van der Waals surface area contributed by atoms with Gasteiger partial charge in [-0.1, -0.05) is 0 Å². The van der Waals surface area contributed by atoms with Gasteiger partial charge in [0.05, 0.1) is 18.3 Å². The molecule has 0 aromatic heterocycles. The summed E-state index contributed by atoms with van der Waals surface area (Å²) in [7, 11) is 0. The van der Waals surface area contributed by atoms with Crippen LogP contribution in [0.15, 0.2) is 0 Å². The van der Waals surface area contributed by atoms with Crippen LogP contribution in [0, 0.1) is 0 Å². The van der Waals surface area contributed by atoms with Gasteiger partial charge in [-0.2, -0.15) is 0 Å². The van der Waals surface area contributed by atoms with Crippen LogP contribution in [0.3, 0.4) is 0 Å². The summed E-state index contributed by atoms with van der Waals surface area (Å²) >= 11 is 0. The van der Waals surface area contributed by atoms with E-state index in [1.54, 1.807) is 0 Å². The zero-order valence-electron chi connectivity index (χ0n) is 9.71. The lowest BCUT2D eigenvalue weighted by Gasteiger charge is -2.24. The number of nitrogens with zero attached hydrogens (tertiary/aromatic N) is 1. The maximum atomic E-state index is 12.0. The van der Waals surface area contributed by atoms with Gasteiger partial charge < -0.3 is 9.64 Å². The molecule has 1 N–H and O–H groups in total.